The van der Waals surface area contributed by atoms with Gasteiger partial charge in [-0.2, -0.15) is 0 Å². The Labute approximate surface area is 118 Å². The molecular formula is C15H19NO4. The van der Waals surface area contributed by atoms with Crippen LogP contribution in [0.15, 0.2) is 18.2 Å². The fourth-order valence-electron chi connectivity index (χ4n) is 2.44. The number of Topliss-reactive ketones (excluding diaryl/α,β-unsaturated/α-hetero) is 1. The smallest absolute Gasteiger partial charge is 0.230 e. The molecule has 108 valence electrons. The van der Waals surface area contributed by atoms with Gasteiger partial charge in [0, 0.05) is 30.6 Å². The van der Waals surface area contributed by atoms with Crippen LogP contribution in [-0.4, -0.2) is 36.9 Å². The number of benzene rings is 1. The van der Waals surface area contributed by atoms with E-state index in [-0.39, 0.29) is 24.2 Å². The number of carbonyl (C=O) groups is 2. The number of likely N-dealkylation sites (tertiary alicyclic amines) is 1. The molecule has 0 spiro atoms. The summed E-state index contributed by atoms with van der Waals surface area (Å²) >= 11 is 0. The van der Waals surface area contributed by atoms with Gasteiger partial charge in [-0.15, -0.1) is 0 Å². The Balaban J connectivity index is 2.20. The van der Waals surface area contributed by atoms with Gasteiger partial charge in [0.05, 0.1) is 20.6 Å². The summed E-state index contributed by atoms with van der Waals surface area (Å²) in [6.45, 7) is 2.34. The molecule has 1 fully saturated rings. The second kappa shape index (κ2) is 5.94. The maximum atomic E-state index is 12.0. The molecule has 1 heterocycles. The van der Waals surface area contributed by atoms with Crippen molar-refractivity contribution >= 4 is 11.7 Å². The quantitative estimate of drug-likeness (QED) is 0.787. The summed E-state index contributed by atoms with van der Waals surface area (Å²) in [6.07, 6.45) is 0.424. The first-order valence-corrected chi connectivity index (χ1v) is 6.57. The standard InChI is InChI=1S/C15H19NO4/c1-10-6-12(17)7-15(18)16(10)9-11-4-5-13(19-2)8-14(11)20-3/h4-5,8,10H,6-7,9H2,1-3H3. The third kappa shape index (κ3) is 2.92. The fraction of sp³-hybridized carbons (Fsp3) is 0.467. The minimum atomic E-state index is -0.119. The van der Waals surface area contributed by atoms with Gasteiger partial charge in [-0.05, 0) is 19.1 Å². The van der Waals surface area contributed by atoms with Crippen LogP contribution < -0.4 is 9.47 Å². The molecule has 1 unspecified atom stereocenters. The predicted octanol–water partition coefficient (Wildman–Crippen LogP) is 1.78. The zero-order valence-corrected chi connectivity index (χ0v) is 12.0. The largest absolute Gasteiger partial charge is 0.497 e. The minimum absolute atomic E-state index is 0.00279. The van der Waals surface area contributed by atoms with Crippen molar-refractivity contribution in [1.29, 1.82) is 0 Å². The lowest BCUT2D eigenvalue weighted by atomic mass is 10.0. The number of hydrogen-bond donors (Lipinski definition) is 0. The van der Waals surface area contributed by atoms with Crippen LogP contribution in [0, 0.1) is 0 Å². The number of rotatable bonds is 4. The van der Waals surface area contributed by atoms with Crippen molar-refractivity contribution in [1.82, 2.24) is 4.90 Å². The van der Waals surface area contributed by atoms with Gasteiger partial charge in [-0.1, -0.05) is 0 Å². The summed E-state index contributed by atoms with van der Waals surface area (Å²) in [5, 5.41) is 0. The van der Waals surface area contributed by atoms with E-state index >= 15 is 0 Å². The molecule has 1 amide bonds. The topological polar surface area (TPSA) is 55.8 Å². The van der Waals surface area contributed by atoms with Gasteiger partial charge < -0.3 is 14.4 Å². The zero-order valence-electron chi connectivity index (χ0n) is 12.0. The Morgan fingerprint density at radius 2 is 2.00 bits per heavy atom. The first-order chi connectivity index (χ1) is 9.55. The number of hydrogen-bond acceptors (Lipinski definition) is 4. The summed E-state index contributed by atoms with van der Waals surface area (Å²) < 4.78 is 10.5. The van der Waals surface area contributed by atoms with Gasteiger partial charge in [0.15, 0.2) is 0 Å². The number of carbonyl (C=O) groups excluding carboxylic acids is 2. The van der Waals surface area contributed by atoms with Crippen LogP contribution in [-0.2, 0) is 16.1 Å². The molecule has 0 aliphatic carbocycles. The monoisotopic (exact) mass is 277 g/mol. The van der Waals surface area contributed by atoms with Crippen LogP contribution in [0.1, 0.15) is 25.3 Å². The Morgan fingerprint density at radius 1 is 1.25 bits per heavy atom. The van der Waals surface area contributed by atoms with E-state index in [9.17, 15) is 9.59 Å². The van der Waals surface area contributed by atoms with Gasteiger partial charge in [0.1, 0.15) is 17.3 Å². The summed E-state index contributed by atoms with van der Waals surface area (Å²) in [6, 6.07) is 5.44. The highest BCUT2D eigenvalue weighted by Crippen LogP contribution is 2.27. The number of amides is 1. The summed E-state index contributed by atoms with van der Waals surface area (Å²) in [5.74, 6) is 1.28. The Kier molecular flexibility index (Phi) is 4.27. The average molecular weight is 277 g/mol. The number of ketones is 1. The number of piperidine rings is 1. The lowest BCUT2D eigenvalue weighted by molar-refractivity contribution is -0.142. The molecule has 2 rings (SSSR count). The third-order valence-electron chi connectivity index (χ3n) is 3.56. The molecule has 1 atom stereocenters. The Morgan fingerprint density at radius 3 is 2.60 bits per heavy atom. The van der Waals surface area contributed by atoms with E-state index in [1.165, 1.54) is 0 Å². The summed E-state index contributed by atoms with van der Waals surface area (Å²) in [4.78, 5) is 25.1. The van der Waals surface area contributed by atoms with Crippen LogP contribution >= 0.6 is 0 Å². The van der Waals surface area contributed by atoms with E-state index in [1.54, 1.807) is 25.2 Å². The molecule has 1 saturated heterocycles. The highest BCUT2D eigenvalue weighted by Gasteiger charge is 2.30. The lowest BCUT2D eigenvalue weighted by Gasteiger charge is -2.33. The molecular weight excluding hydrogens is 258 g/mol. The zero-order chi connectivity index (χ0) is 14.7. The van der Waals surface area contributed by atoms with Gasteiger partial charge in [0.25, 0.3) is 0 Å². The number of nitrogens with zero attached hydrogens (tertiary/aromatic N) is 1. The molecule has 1 aliphatic rings. The van der Waals surface area contributed by atoms with Crippen molar-refractivity contribution in [3.05, 3.63) is 23.8 Å². The van der Waals surface area contributed by atoms with Crippen LogP contribution in [0.4, 0.5) is 0 Å². The van der Waals surface area contributed by atoms with Crippen molar-refractivity contribution in [3.63, 3.8) is 0 Å². The van der Waals surface area contributed by atoms with E-state index in [1.807, 2.05) is 19.1 Å². The molecule has 5 nitrogen and oxygen atoms in total. The van der Waals surface area contributed by atoms with E-state index in [4.69, 9.17) is 9.47 Å². The Bertz CT molecular complexity index is 527. The molecule has 1 aromatic carbocycles. The first kappa shape index (κ1) is 14.4. The normalized spacial score (nSPS) is 19.1. The van der Waals surface area contributed by atoms with Crippen LogP contribution in [0.5, 0.6) is 11.5 Å². The van der Waals surface area contributed by atoms with Gasteiger partial charge in [-0.25, -0.2) is 0 Å². The second-order valence-electron chi connectivity index (χ2n) is 4.97. The van der Waals surface area contributed by atoms with Gasteiger partial charge in [-0.3, -0.25) is 9.59 Å². The van der Waals surface area contributed by atoms with Crippen LogP contribution in [0.25, 0.3) is 0 Å². The second-order valence-corrected chi connectivity index (χ2v) is 4.97. The van der Waals surface area contributed by atoms with E-state index < -0.39 is 0 Å². The molecule has 0 N–H and O–H groups in total. The van der Waals surface area contributed by atoms with Gasteiger partial charge >= 0.3 is 0 Å². The Hall–Kier alpha value is -2.04. The van der Waals surface area contributed by atoms with Crippen LogP contribution in [0.2, 0.25) is 0 Å². The molecule has 0 saturated carbocycles. The highest BCUT2D eigenvalue weighted by molar-refractivity contribution is 6.00. The van der Waals surface area contributed by atoms with Gasteiger partial charge in [0.2, 0.25) is 5.91 Å². The van der Waals surface area contributed by atoms with Crippen molar-refractivity contribution < 1.29 is 19.1 Å². The predicted molar refractivity (Wildman–Crippen MR) is 73.8 cm³/mol. The van der Waals surface area contributed by atoms with E-state index in [0.29, 0.717) is 24.5 Å². The molecule has 1 aliphatic heterocycles. The van der Waals surface area contributed by atoms with E-state index in [0.717, 1.165) is 5.56 Å². The SMILES string of the molecule is COc1ccc(CN2C(=O)CC(=O)CC2C)c(OC)c1. The van der Waals surface area contributed by atoms with Crippen LogP contribution in [0.3, 0.4) is 0 Å². The summed E-state index contributed by atoms with van der Waals surface area (Å²) in [7, 11) is 3.18. The molecule has 5 heteroatoms. The first-order valence-electron chi connectivity index (χ1n) is 6.57. The maximum absolute atomic E-state index is 12.0. The lowest BCUT2D eigenvalue weighted by Crippen LogP contribution is -2.44. The van der Waals surface area contributed by atoms with Crippen molar-refractivity contribution in [2.24, 2.45) is 0 Å². The van der Waals surface area contributed by atoms with Crippen molar-refractivity contribution in [2.45, 2.75) is 32.4 Å². The molecule has 1 aromatic rings. The molecule has 0 bridgehead atoms. The van der Waals surface area contributed by atoms with E-state index in [2.05, 4.69) is 0 Å². The van der Waals surface area contributed by atoms with Crippen molar-refractivity contribution in [2.75, 3.05) is 14.2 Å². The maximum Gasteiger partial charge on any atom is 0.230 e. The van der Waals surface area contributed by atoms with Crippen molar-refractivity contribution in [3.8, 4) is 11.5 Å². The fourth-order valence-corrected chi connectivity index (χ4v) is 2.44. The summed E-state index contributed by atoms with van der Waals surface area (Å²) in [5.41, 5.74) is 0.905. The highest BCUT2D eigenvalue weighted by atomic mass is 16.5. The average Bonchev–Trinajstić information content (AvgIpc) is 2.42. The molecule has 0 radical (unpaired) electrons. The minimum Gasteiger partial charge on any atom is -0.497 e. The molecule has 0 aromatic heterocycles. The number of ether oxygens (including phenoxy) is 2. The number of methoxy groups -OCH3 is 2. The third-order valence-corrected chi connectivity index (χ3v) is 3.56. The molecule has 20 heavy (non-hydrogen) atoms.